The van der Waals surface area contributed by atoms with E-state index in [0.717, 1.165) is 0 Å². The first-order chi connectivity index (χ1) is 7.99. The Balaban J connectivity index is 3.20. The van der Waals surface area contributed by atoms with Crippen LogP contribution in [0, 0.1) is 0 Å². The van der Waals surface area contributed by atoms with E-state index in [2.05, 4.69) is 0 Å². The minimum atomic E-state index is -0.949. The van der Waals surface area contributed by atoms with Crippen LogP contribution < -0.4 is 9.47 Å². The number of hydrogen-bond acceptors (Lipinski definition) is 4. The molecule has 1 N–H and O–H groups in total. The van der Waals surface area contributed by atoms with Crippen molar-refractivity contribution >= 4 is 17.4 Å². The van der Waals surface area contributed by atoms with Gasteiger partial charge in [0.25, 0.3) is 0 Å². The standard InChI is InChI=1S/C12H15ClO4/c1-7(14)4-10(15)9-5-8(13)6-11(16-2)12(9)17-3/h5-6,10,15H,4H2,1-3H3. The average Bonchev–Trinajstić information content (AvgIpc) is 2.26. The smallest absolute Gasteiger partial charge is 0.166 e. The van der Waals surface area contributed by atoms with E-state index in [0.29, 0.717) is 22.1 Å². The number of methoxy groups -OCH3 is 2. The van der Waals surface area contributed by atoms with Gasteiger partial charge < -0.3 is 14.6 Å². The zero-order valence-electron chi connectivity index (χ0n) is 9.99. The van der Waals surface area contributed by atoms with Crippen LogP contribution in [0.1, 0.15) is 25.0 Å². The molecule has 0 aromatic heterocycles. The zero-order valence-corrected chi connectivity index (χ0v) is 10.7. The number of halogens is 1. The van der Waals surface area contributed by atoms with Gasteiger partial charge in [0.2, 0.25) is 0 Å². The molecule has 1 aromatic carbocycles. The number of ether oxygens (including phenoxy) is 2. The van der Waals surface area contributed by atoms with E-state index in [4.69, 9.17) is 21.1 Å². The third-order valence-corrected chi connectivity index (χ3v) is 2.53. The summed E-state index contributed by atoms with van der Waals surface area (Å²) in [7, 11) is 2.95. The lowest BCUT2D eigenvalue weighted by Gasteiger charge is -2.16. The van der Waals surface area contributed by atoms with Crippen LogP contribution >= 0.6 is 11.6 Å². The van der Waals surface area contributed by atoms with Gasteiger partial charge in [-0.05, 0) is 13.0 Å². The second kappa shape index (κ2) is 5.89. The van der Waals surface area contributed by atoms with E-state index in [1.807, 2.05) is 0 Å². The van der Waals surface area contributed by atoms with E-state index in [9.17, 15) is 9.90 Å². The first-order valence-corrected chi connectivity index (χ1v) is 5.46. The molecule has 0 heterocycles. The SMILES string of the molecule is COc1cc(Cl)cc(C(O)CC(C)=O)c1OC. The number of benzene rings is 1. The van der Waals surface area contributed by atoms with E-state index in [1.165, 1.54) is 21.1 Å². The molecular formula is C12H15ClO4. The van der Waals surface area contributed by atoms with Crippen molar-refractivity contribution in [1.29, 1.82) is 0 Å². The summed E-state index contributed by atoms with van der Waals surface area (Å²) in [6.45, 7) is 1.41. The third-order valence-electron chi connectivity index (χ3n) is 2.31. The van der Waals surface area contributed by atoms with Crippen molar-refractivity contribution < 1.29 is 19.4 Å². The highest BCUT2D eigenvalue weighted by molar-refractivity contribution is 6.30. The highest BCUT2D eigenvalue weighted by Gasteiger charge is 2.19. The third kappa shape index (κ3) is 3.35. The molecule has 0 amide bonds. The number of rotatable bonds is 5. The van der Waals surface area contributed by atoms with E-state index >= 15 is 0 Å². The Labute approximate surface area is 105 Å². The van der Waals surface area contributed by atoms with Gasteiger partial charge in [-0.1, -0.05) is 11.6 Å². The van der Waals surface area contributed by atoms with Crippen LogP contribution in [0.5, 0.6) is 11.5 Å². The molecule has 17 heavy (non-hydrogen) atoms. The molecule has 0 aliphatic rings. The van der Waals surface area contributed by atoms with Crippen molar-refractivity contribution in [3.63, 3.8) is 0 Å². The van der Waals surface area contributed by atoms with E-state index in [-0.39, 0.29) is 12.2 Å². The molecule has 94 valence electrons. The van der Waals surface area contributed by atoms with Gasteiger partial charge in [-0.25, -0.2) is 0 Å². The molecular weight excluding hydrogens is 244 g/mol. The summed E-state index contributed by atoms with van der Waals surface area (Å²) in [6, 6.07) is 3.15. The maximum absolute atomic E-state index is 11.0. The van der Waals surface area contributed by atoms with Crippen LogP contribution in [0.4, 0.5) is 0 Å². The molecule has 0 spiro atoms. The van der Waals surface area contributed by atoms with Gasteiger partial charge in [0, 0.05) is 23.1 Å². The summed E-state index contributed by atoms with van der Waals surface area (Å²) in [5, 5.41) is 10.3. The molecule has 0 fully saturated rings. The van der Waals surface area contributed by atoms with Crippen LogP contribution in [0.2, 0.25) is 5.02 Å². The van der Waals surface area contributed by atoms with Gasteiger partial charge in [0.1, 0.15) is 5.78 Å². The van der Waals surface area contributed by atoms with Crippen LogP contribution in [0.25, 0.3) is 0 Å². The van der Waals surface area contributed by atoms with Crippen molar-refractivity contribution in [3.8, 4) is 11.5 Å². The van der Waals surface area contributed by atoms with Crippen molar-refractivity contribution in [2.45, 2.75) is 19.4 Å². The largest absolute Gasteiger partial charge is 0.493 e. The minimum absolute atomic E-state index is 0.0137. The van der Waals surface area contributed by atoms with Crippen LogP contribution in [-0.2, 0) is 4.79 Å². The summed E-state index contributed by atoms with van der Waals surface area (Å²) in [6.07, 6.45) is -0.935. The molecule has 0 bridgehead atoms. The Morgan fingerprint density at radius 3 is 2.53 bits per heavy atom. The fourth-order valence-corrected chi connectivity index (χ4v) is 1.81. The van der Waals surface area contributed by atoms with Gasteiger partial charge in [-0.15, -0.1) is 0 Å². The first-order valence-electron chi connectivity index (χ1n) is 5.08. The highest BCUT2D eigenvalue weighted by Crippen LogP contribution is 2.38. The monoisotopic (exact) mass is 258 g/mol. The Morgan fingerprint density at radius 1 is 1.41 bits per heavy atom. The number of carbonyl (C=O) groups excluding carboxylic acids is 1. The Hall–Kier alpha value is -1.26. The van der Waals surface area contributed by atoms with Crippen LogP contribution in [0.3, 0.4) is 0 Å². The maximum atomic E-state index is 11.0. The number of Topliss-reactive ketones (excluding diaryl/α,β-unsaturated/α-hetero) is 1. The molecule has 4 nitrogen and oxygen atoms in total. The molecule has 1 unspecified atom stereocenters. The summed E-state index contributed by atoms with van der Waals surface area (Å²) in [5.41, 5.74) is 0.451. The predicted molar refractivity (Wildman–Crippen MR) is 64.8 cm³/mol. The average molecular weight is 259 g/mol. The highest BCUT2D eigenvalue weighted by atomic mass is 35.5. The number of ketones is 1. The molecule has 1 aromatic rings. The van der Waals surface area contributed by atoms with Crippen LogP contribution in [0.15, 0.2) is 12.1 Å². The van der Waals surface area contributed by atoms with Gasteiger partial charge in [-0.3, -0.25) is 4.79 Å². The molecule has 0 radical (unpaired) electrons. The van der Waals surface area contributed by atoms with Crippen molar-refractivity contribution in [3.05, 3.63) is 22.7 Å². The molecule has 0 aliphatic carbocycles. The lowest BCUT2D eigenvalue weighted by atomic mass is 10.0. The second-order valence-electron chi connectivity index (χ2n) is 3.65. The summed E-state index contributed by atoms with van der Waals surface area (Å²) >= 11 is 5.91. The zero-order chi connectivity index (χ0) is 13.0. The lowest BCUT2D eigenvalue weighted by Crippen LogP contribution is -2.06. The Morgan fingerprint density at radius 2 is 2.06 bits per heavy atom. The fourth-order valence-electron chi connectivity index (χ4n) is 1.59. The van der Waals surface area contributed by atoms with Crippen molar-refractivity contribution in [2.24, 2.45) is 0 Å². The number of aliphatic hydroxyl groups is 1. The predicted octanol–water partition coefficient (Wildman–Crippen LogP) is 2.37. The second-order valence-corrected chi connectivity index (χ2v) is 4.09. The van der Waals surface area contributed by atoms with Crippen LogP contribution in [-0.4, -0.2) is 25.1 Å². The summed E-state index contributed by atoms with van der Waals surface area (Å²) in [5.74, 6) is 0.710. The van der Waals surface area contributed by atoms with Gasteiger partial charge in [-0.2, -0.15) is 0 Å². The first kappa shape index (κ1) is 13.8. The molecule has 0 saturated heterocycles. The minimum Gasteiger partial charge on any atom is -0.493 e. The summed E-state index contributed by atoms with van der Waals surface area (Å²) in [4.78, 5) is 11.0. The lowest BCUT2D eigenvalue weighted by molar-refractivity contribution is -0.118. The van der Waals surface area contributed by atoms with Gasteiger partial charge in [0.15, 0.2) is 11.5 Å². The topological polar surface area (TPSA) is 55.8 Å². The van der Waals surface area contributed by atoms with E-state index in [1.54, 1.807) is 12.1 Å². The maximum Gasteiger partial charge on any atom is 0.166 e. The molecule has 1 rings (SSSR count). The van der Waals surface area contributed by atoms with Crippen molar-refractivity contribution in [1.82, 2.24) is 0 Å². The van der Waals surface area contributed by atoms with Crippen molar-refractivity contribution in [2.75, 3.05) is 14.2 Å². The number of hydrogen-bond donors (Lipinski definition) is 1. The fraction of sp³-hybridized carbons (Fsp3) is 0.417. The number of carbonyl (C=O) groups is 1. The Kier molecular flexibility index (Phi) is 4.78. The molecule has 1 atom stereocenters. The Bertz CT molecular complexity index is 417. The van der Waals surface area contributed by atoms with Gasteiger partial charge in [0.05, 0.1) is 20.3 Å². The molecule has 0 aliphatic heterocycles. The van der Waals surface area contributed by atoms with Gasteiger partial charge >= 0.3 is 0 Å². The summed E-state index contributed by atoms with van der Waals surface area (Å²) < 4.78 is 10.3. The number of aliphatic hydroxyl groups excluding tert-OH is 1. The molecule has 5 heteroatoms. The van der Waals surface area contributed by atoms with E-state index < -0.39 is 6.10 Å². The molecule has 0 saturated carbocycles. The quantitative estimate of drug-likeness (QED) is 0.881. The normalized spacial score (nSPS) is 12.1.